The summed E-state index contributed by atoms with van der Waals surface area (Å²) in [4.78, 5) is 24.7. The molecule has 5 rings (SSSR count). The molecule has 1 aromatic heterocycles. The number of hydrogen-bond acceptors (Lipinski definition) is 7. The van der Waals surface area contributed by atoms with Crippen LogP contribution >= 0.6 is 0 Å². The van der Waals surface area contributed by atoms with Crippen molar-refractivity contribution in [3.8, 4) is 5.75 Å². The third kappa shape index (κ3) is 3.43. The molecular weight excluding hydrogens is 432 g/mol. The van der Waals surface area contributed by atoms with Gasteiger partial charge in [-0.1, -0.05) is 24.3 Å². The Kier molecular flexibility index (Phi) is 5.15. The van der Waals surface area contributed by atoms with Gasteiger partial charge < -0.3 is 24.9 Å². The fourth-order valence-corrected chi connectivity index (χ4v) is 5.15. The van der Waals surface area contributed by atoms with Crippen LogP contribution in [0.15, 0.2) is 80.8 Å². The van der Waals surface area contributed by atoms with E-state index in [0.717, 1.165) is 16.5 Å². The highest BCUT2D eigenvalue weighted by molar-refractivity contribution is 5.88. The summed E-state index contributed by atoms with van der Waals surface area (Å²) in [5.74, 6) is 0.619. The first kappa shape index (κ1) is 22.1. The molecule has 3 N–H and O–H groups in total. The van der Waals surface area contributed by atoms with E-state index in [1.54, 1.807) is 25.1 Å². The van der Waals surface area contributed by atoms with Crippen LogP contribution in [0.5, 0.6) is 5.75 Å². The molecule has 3 heterocycles. The second-order valence-electron chi connectivity index (χ2n) is 9.31. The molecule has 0 bridgehead atoms. The fraction of sp³-hybridized carbons (Fsp3) is 0.333. The normalized spacial score (nSPS) is 28.1. The summed E-state index contributed by atoms with van der Waals surface area (Å²) in [6.07, 6.45) is 10.9. The minimum Gasteiger partial charge on any atom is -0.481 e. The number of carbonyl (C=O) groups is 1. The molecule has 1 aliphatic carbocycles. The molecule has 7 heteroatoms. The van der Waals surface area contributed by atoms with Gasteiger partial charge in [-0.2, -0.15) is 0 Å². The van der Waals surface area contributed by atoms with E-state index >= 15 is 0 Å². The van der Waals surface area contributed by atoms with E-state index < -0.39 is 16.8 Å². The van der Waals surface area contributed by atoms with Gasteiger partial charge in [0.25, 0.3) is 0 Å². The smallest absolute Gasteiger partial charge is 0.336 e. The van der Waals surface area contributed by atoms with Crippen molar-refractivity contribution in [3.63, 3.8) is 0 Å². The largest absolute Gasteiger partial charge is 0.481 e. The Morgan fingerprint density at radius 2 is 2.15 bits per heavy atom. The zero-order valence-electron chi connectivity index (χ0n) is 19.5. The molecule has 34 heavy (non-hydrogen) atoms. The Morgan fingerprint density at radius 1 is 1.32 bits per heavy atom. The van der Waals surface area contributed by atoms with E-state index in [1.807, 2.05) is 32.1 Å². The van der Waals surface area contributed by atoms with Gasteiger partial charge >= 0.3 is 11.6 Å². The van der Waals surface area contributed by atoms with E-state index in [-0.39, 0.29) is 11.9 Å². The quantitative estimate of drug-likeness (QED) is 0.312. The first-order valence-corrected chi connectivity index (χ1v) is 11.4. The number of nitrogens with two attached hydrogens (primary N) is 1. The van der Waals surface area contributed by atoms with Crippen LogP contribution in [0.1, 0.15) is 32.8 Å². The summed E-state index contributed by atoms with van der Waals surface area (Å²) >= 11 is 0. The van der Waals surface area contributed by atoms with Crippen molar-refractivity contribution in [2.75, 3.05) is 6.54 Å². The van der Waals surface area contributed by atoms with Gasteiger partial charge in [-0.25, -0.2) is 9.59 Å². The summed E-state index contributed by atoms with van der Waals surface area (Å²) in [7, 11) is 0. The van der Waals surface area contributed by atoms with E-state index in [1.165, 1.54) is 6.07 Å². The number of benzene rings is 1. The number of carbonyl (C=O) groups excluding carboxylic acids is 1. The molecule has 0 saturated heterocycles. The number of ether oxygens (including phenoxy) is 2. The first-order valence-electron chi connectivity index (χ1n) is 11.4. The zero-order chi connectivity index (χ0) is 24.1. The number of dihydropyridines is 1. The van der Waals surface area contributed by atoms with Gasteiger partial charge in [-0.3, -0.25) is 0 Å². The van der Waals surface area contributed by atoms with Gasteiger partial charge in [0.1, 0.15) is 11.3 Å². The molecule has 0 fully saturated rings. The van der Waals surface area contributed by atoms with Crippen LogP contribution < -0.4 is 21.4 Å². The summed E-state index contributed by atoms with van der Waals surface area (Å²) in [6, 6.07) is 6.90. The standard InChI is InChI=1S/C27H28N2O5/c1-4-16(2)25(31)34-26(3)10-5-6-20(17-9-11-29-23(28)13-17)27(26)15-19-12-18-7-8-24(30)32-21(18)14-22(19)33-27/h4-9,12-14,20,29H,10-11,15,28H2,1-3H3. The molecule has 3 atom stereocenters. The number of allylic oxidation sites excluding steroid dienone is 2. The lowest BCUT2D eigenvalue weighted by Crippen LogP contribution is -2.63. The molecule has 0 amide bonds. The second-order valence-corrected chi connectivity index (χ2v) is 9.31. The lowest BCUT2D eigenvalue weighted by Gasteiger charge is -2.50. The van der Waals surface area contributed by atoms with Crippen molar-refractivity contribution >= 4 is 16.9 Å². The van der Waals surface area contributed by atoms with Crippen molar-refractivity contribution in [2.24, 2.45) is 11.7 Å². The minimum atomic E-state index is -0.964. The van der Waals surface area contributed by atoms with E-state index in [9.17, 15) is 9.59 Å². The SMILES string of the molecule is CC=C(C)C(=O)OC1(C)CC=CC(C2=CCNC(N)=C2)C12Cc1cc3ccc(=O)oc3cc1O2. The first-order chi connectivity index (χ1) is 16.2. The number of nitrogens with one attached hydrogen (secondary N) is 1. The Bertz CT molecular complexity index is 1360. The Balaban J connectivity index is 1.65. The van der Waals surface area contributed by atoms with Crippen LogP contribution in [-0.2, 0) is 16.0 Å². The van der Waals surface area contributed by atoms with E-state index in [0.29, 0.717) is 42.1 Å². The molecular formula is C27H28N2O5. The molecule has 2 aliphatic heterocycles. The molecule has 0 saturated carbocycles. The highest BCUT2D eigenvalue weighted by Gasteiger charge is 2.62. The number of rotatable bonds is 3. The Morgan fingerprint density at radius 3 is 2.91 bits per heavy atom. The number of hydrogen-bond donors (Lipinski definition) is 2. The van der Waals surface area contributed by atoms with Gasteiger partial charge in [0.2, 0.25) is 0 Å². The predicted molar refractivity (Wildman–Crippen MR) is 129 cm³/mol. The monoisotopic (exact) mass is 460 g/mol. The van der Waals surface area contributed by atoms with E-state index in [4.69, 9.17) is 19.6 Å². The van der Waals surface area contributed by atoms with Crippen molar-refractivity contribution in [1.82, 2.24) is 5.32 Å². The summed E-state index contributed by atoms with van der Waals surface area (Å²) in [6.45, 7) is 6.10. The summed E-state index contributed by atoms with van der Waals surface area (Å²) in [5.41, 5.74) is 6.78. The van der Waals surface area contributed by atoms with Crippen molar-refractivity contribution < 1.29 is 18.7 Å². The molecule has 1 spiro atoms. The Labute approximate surface area is 197 Å². The van der Waals surface area contributed by atoms with Crippen LogP contribution in [0.4, 0.5) is 0 Å². The highest BCUT2D eigenvalue weighted by atomic mass is 16.6. The van der Waals surface area contributed by atoms with E-state index in [2.05, 4.69) is 17.5 Å². The number of fused-ring (bicyclic) bond motifs is 2. The molecule has 1 aromatic carbocycles. The minimum absolute atomic E-state index is 0.215. The number of esters is 1. The molecule has 7 nitrogen and oxygen atoms in total. The maximum Gasteiger partial charge on any atom is 0.336 e. The van der Waals surface area contributed by atoms with Gasteiger partial charge in [-0.15, -0.1) is 0 Å². The maximum absolute atomic E-state index is 12.9. The van der Waals surface area contributed by atoms with Crippen molar-refractivity contribution in [2.45, 2.75) is 44.8 Å². The van der Waals surface area contributed by atoms with Crippen LogP contribution in [-0.4, -0.2) is 23.7 Å². The van der Waals surface area contributed by atoms with Crippen LogP contribution in [0.25, 0.3) is 11.0 Å². The lowest BCUT2D eigenvalue weighted by atomic mass is 9.64. The second kappa shape index (κ2) is 7.94. The third-order valence-corrected chi connectivity index (χ3v) is 7.18. The predicted octanol–water partition coefficient (Wildman–Crippen LogP) is 3.64. The summed E-state index contributed by atoms with van der Waals surface area (Å²) < 4.78 is 18.4. The van der Waals surface area contributed by atoms with Crippen LogP contribution in [0.3, 0.4) is 0 Å². The third-order valence-electron chi connectivity index (χ3n) is 7.18. The summed E-state index contributed by atoms with van der Waals surface area (Å²) in [5, 5.41) is 3.93. The van der Waals surface area contributed by atoms with Gasteiger partial charge in [-0.05, 0) is 50.1 Å². The van der Waals surface area contributed by atoms with Crippen LogP contribution in [0, 0.1) is 5.92 Å². The van der Waals surface area contributed by atoms with Crippen molar-refractivity contribution in [1.29, 1.82) is 0 Å². The van der Waals surface area contributed by atoms with Crippen LogP contribution in [0.2, 0.25) is 0 Å². The molecule has 176 valence electrons. The molecule has 3 unspecified atom stereocenters. The zero-order valence-corrected chi connectivity index (χ0v) is 19.5. The Hall–Kier alpha value is -3.74. The average molecular weight is 461 g/mol. The molecule has 0 radical (unpaired) electrons. The molecule has 3 aliphatic rings. The van der Waals surface area contributed by atoms with Gasteiger partial charge in [0.05, 0.1) is 5.82 Å². The van der Waals surface area contributed by atoms with Crippen molar-refractivity contribution in [3.05, 3.63) is 87.6 Å². The topological polar surface area (TPSA) is 104 Å². The lowest BCUT2D eigenvalue weighted by molar-refractivity contribution is -0.185. The maximum atomic E-state index is 12.9. The van der Waals surface area contributed by atoms with Gasteiger partial charge in [0, 0.05) is 48.4 Å². The fourth-order valence-electron chi connectivity index (χ4n) is 5.15. The highest BCUT2D eigenvalue weighted by Crippen LogP contribution is 2.53. The molecule has 2 aromatic rings. The van der Waals surface area contributed by atoms with Gasteiger partial charge in [0.15, 0.2) is 11.2 Å². The average Bonchev–Trinajstić information content (AvgIpc) is 3.18.